The van der Waals surface area contributed by atoms with E-state index in [4.69, 9.17) is 0 Å². The minimum atomic E-state index is -0.582. The third-order valence-electron chi connectivity index (χ3n) is 4.31. The molecule has 2 aromatic rings. The minimum absolute atomic E-state index is 0.0855. The van der Waals surface area contributed by atoms with E-state index in [-0.39, 0.29) is 30.7 Å². The number of nitrogens with one attached hydrogen (secondary N) is 1. The number of carbonyl (C=O) groups excluding carboxylic acids is 3. The second-order valence-electron chi connectivity index (χ2n) is 6.48. The van der Waals surface area contributed by atoms with Crippen molar-refractivity contribution in [3.05, 3.63) is 65.7 Å². The highest BCUT2D eigenvalue weighted by atomic mass is 16.2. The van der Waals surface area contributed by atoms with E-state index in [9.17, 15) is 14.4 Å². The van der Waals surface area contributed by atoms with Gasteiger partial charge < -0.3 is 10.2 Å². The molecule has 6 nitrogen and oxygen atoms in total. The van der Waals surface area contributed by atoms with Crippen molar-refractivity contribution in [3.8, 4) is 0 Å². The van der Waals surface area contributed by atoms with Crippen LogP contribution in [0.2, 0.25) is 0 Å². The standard InChI is InChI=1S/C20H21N3O3/c1-22(2)19(25)15-8-10-16(11-9-15)21-17-12-18(24)23(20(17)26)13-14-6-4-3-5-7-14/h3-11,17,21H,12-13H2,1-2H3/t17-/m1/s1. The van der Waals surface area contributed by atoms with Crippen molar-refractivity contribution >= 4 is 23.4 Å². The molecule has 0 aromatic heterocycles. The molecule has 0 saturated carbocycles. The van der Waals surface area contributed by atoms with E-state index < -0.39 is 6.04 Å². The Balaban J connectivity index is 1.66. The number of anilines is 1. The number of nitrogens with zero attached hydrogens (tertiary/aromatic N) is 2. The topological polar surface area (TPSA) is 69.7 Å². The first-order valence-electron chi connectivity index (χ1n) is 8.42. The van der Waals surface area contributed by atoms with E-state index in [0.29, 0.717) is 11.3 Å². The van der Waals surface area contributed by atoms with Crippen molar-refractivity contribution in [1.82, 2.24) is 9.80 Å². The summed E-state index contributed by atoms with van der Waals surface area (Å²) >= 11 is 0. The van der Waals surface area contributed by atoms with Crippen molar-refractivity contribution in [3.63, 3.8) is 0 Å². The summed E-state index contributed by atoms with van der Waals surface area (Å²) in [4.78, 5) is 39.5. The Hall–Kier alpha value is -3.15. The van der Waals surface area contributed by atoms with Gasteiger partial charge in [-0.15, -0.1) is 0 Å². The molecule has 1 aliphatic heterocycles. The molecule has 0 spiro atoms. The number of rotatable bonds is 5. The van der Waals surface area contributed by atoms with Gasteiger partial charge in [-0.3, -0.25) is 19.3 Å². The molecule has 2 aromatic carbocycles. The SMILES string of the molecule is CN(C)C(=O)c1ccc(N[C@@H]2CC(=O)N(Cc3ccccc3)C2=O)cc1. The van der Waals surface area contributed by atoms with Crippen LogP contribution in [0.25, 0.3) is 0 Å². The summed E-state index contributed by atoms with van der Waals surface area (Å²) in [5.41, 5.74) is 2.19. The number of carbonyl (C=O) groups is 3. The zero-order valence-electron chi connectivity index (χ0n) is 14.8. The average molecular weight is 351 g/mol. The van der Waals surface area contributed by atoms with Crippen LogP contribution in [0.5, 0.6) is 0 Å². The van der Waals surface area contributed by atoms with Crippen LogP contribution in [0.1, 0.15) is 22.3 Å². The molecular formula is C20H21N3O3. The predicted molar refractivity (Wildman–Crippen MR) is 98.5 cm³/mol. The molecule has 6 heteroatoms. The summed E-state index contributed by atoms with van der Waals surface area (Å²) in [6, 6.07) is 15.8. The maximum atomic E-state index is 12.6. The van der Waals surface area contributed by atoms with Crippen LogP contribution in [0.4, 0.5) is 5.69 Å². The molecule has 1 aliphatic rings. The minimum Gasteiger partial charge on any atom is -0.373 e. The quantitative estimate of drug-likeness (QED) is 0.838. The van der Waals surface area contributed by atoms with Gasteiger partial charge in [-0.05, 0) is 29.8 Å². The van der Waals surface area contributed by atoms with E-state index in [1.54, 1.807) is 38.4 Å². The van der Waals surface area contributed by atoms with Gasteiger partial charge in [0, 0.05) is 25.3 Å². The molecule has 0 bridgehead atoms. The average Bonchev–Trinajstić information content (AvgIpc) is 2.90. The highest BCUT2D eigenvalue weighted by Crippen LogP contribution is 2.21. The molecular weight excluding hydrogens is 330 g/mol. The highest BCUT2D eigenvalue weighted by Gasteiger charge is 2.38. The lowest BCUT2D eigenvalue weighted by Crippen LogP contribution is -2.34. The van der Waals surface area contributed by atoms with Crippen LogP contribution in [0.3, 0.4) is 0 Å². The fourth-order valence-corrected chi connectivity index (χ4v) is 2.90. The van der Waals surface area contributed by atoms with Crippen molar-refractivity contribution in [2.75, 3.05) is 19.4 Å². The number of likely N-dealkylation sites (tertiary alicyclic amines) is 1. The maximum absolute atomic E-state index is 12.6. The summed E-state index contributed by atoms with van der Waals surface area (Å²) in [5.74, 6) is -0.499. The number of amides is 3. The van der Waals surface area contributed by atoms with Crippen molar-refractivity contribution in [2.45, 2.75) is 19.0 Å². The molecule has 1 N–H and O–H groups in total. The smallest absolute Gasteiger partial charge is 0.253 e. The Morgan fingerprint density at radius 1 is 1.08 bits per heavy atom. The van der Waals surface area contributed by atoms with E-state index in [1.165, 1.54) is 9.80 Å². The Kier molecular flexibility index (Phi) is 5.02. The molecule has 26 heavy (non-hydrogen) atoms. The molecule has 3 amide bonds. The molecule has 1 saturated heterocycles. The summed E-state index contributed by atoms with van der Waals surface area (Å²) < 4.78 is 0. The van der Waals surface area contributed by atoms with E-state index >= 15 is 0 Å². The van der Waals surface area contributed by atoms with E-state index in [0.717, 1.165) is 5.56 Å². The van der Waals surface area contributed by atoms with Crippen LogP contribution < -0.4 is 5.32 Å². The normalized spacial score (nSPS) is 16.7. The maximum Gasteiger partial charge on any atom is 0.253 e. The molecule has 134 valence electrons. The first-order valence-corrected chi connectivity index (χ1v) is 8.42. The number of benzene rings is 2. The predicted octanol–water partition coefficient (Wildman–Crippen LogP) is 2.13. The Morgan fingerprint density at radius 3 is 2.35 bits per heavy atom. The van der Waals surface area contributed by atoms with Gasteiger partial charge in [0.25, 0.3) is 11.8 Å². The fraction of sp³-hybridized carbons (Fsp3) is 0.250. The Morgan fingerprint density at radius 2 is 1.73 bits per heavy atom. The Bertz CT molecular complexity index is 816. The molecule has 1 heterocycles. The van der Waals surface area contributed by atoms with Gasteiger partial charge in [-0.25, -0.2) is 0 Å². The number of hydrogen-bond donors (Lipinski definition) is 1. The van der Waals surface area contributed by atoms with Crippen molar-refractivity contribution < 1.29 is 14.4 Å². The van der Waals surface area contributed by atoms with Crippen LogP contribution in [0.15, 0.2) is 54.6 Å². The largest absolute Gasteiger partial charge is 0.373 e. The number of imide groups is 1. The monoisotopic (exact) mass is 351 g/mol. The molecule has 0 aliphatic carbocycles. The van der Waals surface area contributed by atoms with Crippen LogP contribution in [0, 0.1) is 0 Å². The van der Waals surface area contributed by atoms with E-state index in [1.807, 2.05) is 30.3 Å². The van der Waals surface area contributed by atoms with Gasteiger partial charge in [-0.2, -0.15) is 0 Å². The first-order chi connectivity index (χ1) is 12.5. The van der Waals surface area contributed by atoms with Gasteiger partial charge in [-0.1, -0.05) is 30.3 Å². The first kappa shape index (κ1) is 17.7. The summed E-state index contributed by atoms with van der Waals surface area (Å²) in [6.07, 6.45) is 0.129. The van der Waals surface area contributed by atoms with Crippen LogP contribution in [-0.2, 0) is 16.1 Å². The van der Waals surface area contributed by atoms with Crippen LogP contribution >= 0.6 is 0 Å². The molecule has 0 unspecified atom stereocenters. The summed E-state index contributed by atoms with van der Waals surface area (Å²) in [7, 11) is 3.39. The zero-order chi connectivity index (χ0) is 18.7. The molecule has 3 rings (SSSR count). The lowest BCUT2D eigenvalue weighted by Gasteiger charge is -2.16. The second-order valence-corrected chi connectivity index (χ2v) is 6.48. The van der Waals surface area contributed by atoms with Gasteiger partial charge in [0.2, 0.25) is 5.91 Å². The van der Waals surface area contributed by atoms with Crippen molar-refractivity contribution in [1.29, 1.82) is 0 Å². The van der Waals surface area contributed by atoms with Crippen LogP contribution in [-0.4, -0.2) is 47.7 Å². The zero-order valence-corrected chi connectivity index (χ0v) is 14.8. The van der Waals surface area contributed by atoms with Gasteiger partial charge in [0.1, 0.15) is 6.04 Å². The van der Waals surface area contributed by atoms with E-state index in [2.05, 4.69) is 5.32 Å². The third-order valence-corrected chi connectivity index (χ3v) is 4.31. The van der Waals surface area contributed by atoms with Crippen molar-refractivity contribution in [2.24, 2.45) is 0 Å². The number of hydrogen-bond acceptors (Lipinski definition) is 4. The summed E-state index contributed by atoms with van der Waals surface area (Å²) in [6.45, 7) is 0.285. The van der Waals surface area contributed by atoms with Gasteiger partial charge >= 0.3 is 0 Å². The third kappa shape index (κ3) is 3.74. The summed E-state index contributed by atoms with van der Waals surface area (Å²) in [5, 5.41) is 3.10. The second kappa shape index (κ2) is 7.39. The lowest BCUT2D eigenvalue weighted by atomic mass is 10.1. The lowest BCUT2D eigenvalue weighted by molar-refractivity contribution is -0.139. The van der Waals surface area contributed by atoms with Gasteiger partial charge in [0.15, 0.2) is 0 Å². The molecule has 1 atom stereocenters. The Labute approximate surface area is 152 Å². The molecule has 1 fully saturated rings. The van der Waals surface area contributed by atoms with Gasteiger partial charge in [0.05, 0.1) is 13.0 Å². The fourth-order valence-electron chi connectivity index (χ4n) is 2.90. The molecule has 0 radical (unpaired) electrons. The highest BCUT2D eigenvalue weighted by molar-refractivity contribution is 6.06.